The van der Waals surface area contributed by atoms with E-state index in [0.717, 1.165) is 23.0 Å². The molecular formula is C17H18N2O2S3. The van der Waals surface area contributed by atoms with Crippen LogP contribution < -0.4 is 9.64 Å². The first-order valence-corrected chi connectivity index (χ1v) is 9.72. The number of fused-ring (bicyclic) bond motifs is 1. The maximum atomic E-state index is 12.3. The maximum absolute atomic E-state index is 12.3. The predicted molar refractivity (Wildman–Crippen MR) is 106 cm³/mol. The van der Waals surface area contributed by atoms with E-state index in [2.05, 4.69) is 17.9 Å². The lowest BCUT2D eigenvalue weighted by atomic mass is 10.2. The zero-order valence-electron chi connectivity index (χ0n) is 13.7. The fourth-order valence-corrected chi connectivity index (χ4v) is 5.03. The first kappa shape index (κ1) is 17.4. The van der Waals surface area contributed by atoms with E-state index in [1.807, 2.05) is 31.2 Å². The molecule has 1 saturated heterocycles. The van der Waals surface area contributed by atoms with Crippen molar-refractivity contribution in [1.29, 1.82) is 0 Å². The van der Waals surface area contributed by atoms with E-state index < -0.39 is 0 Å². The van der Waals surface area contributed by atoms with Crippen LogP contribution in [0.25, 0.3) is 0 Å². The monoisotopic (exact) mass is 378 g/mol. The Kier molecular flexibility index (Phi) is 5.22. The van der Waals surface area contributed by atoms with Gasteiger partial charge in [-0.25, -0.2) is 0 Å². The molecular weight excluding hydrogens is 360 g/mol. The van der Waals surface area contributed by atoms with Crippen molar-refractivity contribution < 1.29 is 9.53 Å². The second kappa shape index (κ2) is 7.21. The van der Waals surface area contributed by atoms with Crippen molar-refractivity contribution >= 4 is 51.7 Å². The van der Waals surface area contributed by atoms with Crippen LogP contribution in [0.15, 0.2) is 45.2 Å². The van der Waals surface area contributed by atoms with Gasteiger partial charge in [-0.05, 0) is 38.1 Å². The number of carbonyl (C=O) groups is 1. The van der Waals surface area contributed by atoms with Gasteiger partial charge in [0.2, 0.25) is 0 Å². The number of carbonyl (C=O) groups excluding carboxylic acids is 1. The molecule has 1 amide bonds. The third-order valence-corrected chi connectivity index (χ3v) is 6.35. The van der Waals surface area contributed by atoms with Crippen molar-refractivity contribution in [2.75, 3.05) is 25.1 Å². The van der Waals surface area contributed by atoms with Crippen molar-refractivity contribution in [3.8, 4) is 5.75 Å². The second-order valence-electron chi connectivity index (χ2n) is 5.13. The fourth-order valence-electron chi connectivity index (χ4n) is 2.59. The number of benzene rings is 1. The number of anilines is 1. The molecule has 4 nitrogen and oxygen atoms in total. The van der Waals surface area contributed by atoms with Gasteiger partial charge in [0.25, 0.3) is 5.91 Å². The van der Waals surface area contributed by atoms with Crippen LogP contribution in [0.1, 0.15) is 13.8 Å². The minimum absolute atomic E-state index is 0.00502. The molecule has 7 heteroatoms. The number of methoxy groups -OCH3 is 1. The summed E-state index contributed by atoms with van der Waals surface area (Å²) in [7, 11) is 1.67. The lowest BCUT2D eigenvalue weighted by Gasteiger charge is -2.18. The van der Waals surface area contributed by atoms with Crippen molar-refractivity contribution in [3.63, 3.8) is 0 Å². The lowest BCUT2D eigenvalue weighted by Crippen LogP contribution is -2.27. The molecule has 0 N–H and O–H groups in total. The highest BCUT2D eigenvalue weighted by atomic mass is 32.2. The van der Waals surface area contributed by atoms with E-state index in [9.17, 15) is 4.79 Å². The average Bonchev–Trinajstić information content (AvgIpc) is 3.08. The van der Waals surface area contributed by atoms with Crippen LogP contribution >= 0.6 is 35.7 Å². The molecule has 1 fully saturated rings. The molecule has 2 heterocycles. The van der Waals surface area contributed by atoms with Gasteiger partial charge >= 0.3 is 0 Å². The summed E-state index contributed by atoms with van der Waals surface area (Å²) in [6, 6.07) is 6.08. The average molecular weight is 379 g/mol. The van der Waals surface area contributed by atoms with E-state index in [0.29, 0.717) is 15.8 Å². The summed E-state index contributed by atoms with van der Waals surface area (Å²) in [5.41, 5.74) is 1.14. The predicted octanol–water partition coefficient (Wildman–Crippen LogP) is 4.23. The third-order valence-electron chi connectivity index (χ3n) is 3.82. The summed E-state index contributed by atoms with van der Waals surface area (Å²) < 4.78 is 5.95. The Morgan fingerprint density at radius 3 is 2.54 bits per heavy atom. The Labute approximate surface area is 155 Å². The normalized spacial score (nSPS) is 20.5. The van der Waals surface area contributed by atoms with Gasteiger partial charge in [-0.2, -0.15) is 0 Å². The summed E-state index contributed by atoms with van der Waals surface area (Å²) >= 11 is 8.32. The lowest BCUT2D eigenvalue weighted by molar-refractivity contribution is -0.122. The molecule has 1 aromatic carbocycles. The van der Waals surface area contributed by atoms with Gasteiger partial charge in [0, 0.05) is 24.1 Å². The molecule has 24 heavy (non-hydrogen) atoms. The van der Waals surface area contributed by atoms with Crippen molar-refractivity contribution in [2.45, 2.75) is 18.7 Å². The number of ether oxygens (including phenoxy) is 1. The molecule has 0 saturated carbocycles. The summed E-state index contributed by atoms with van der Waals surface area (Å²) in [6.07, 6.45) is 3.88. The molecule has 1 aromatic rings. The quantitative estimate of drug-likeness (QED) is 0.576. The van der Waals surface area contributed by atoms with Crippen molar-refractivity contribution in [3.05, 3.63) is 40.3 Å². The summed E-state index contributed by atoms with van der Waals surface area (Å²) in [5.74, 6) is 0.840. The van der Waals surface area contributed by atoms with Crippen LogP contribution in [-0.4, -0.2) is 35.3 Å². The topological polar surface area (TPSA) is 32.8 Å². The summed E-state index contributed by atoms with van der Waals surface area (Å²) in [4.78, 5) is 18.0. The Morgan fingerprint density at radius 1 is 1.17 bits per heavy atom. The van der Waals surface area contributed by atoms with Gasteiger partial charge in [0.05, 0.1) is 22.7 Å². The fraction of sp³-hybridized carbons (Fsp3) is 0.294. The van der Waals surface area contributed by atoms with Crippen LogP contribution in [0.4, 0.5) is 5.69 Å². The molecule has 0 atom stereocenters. The minimum atomic E-state index is -0.00502. The highest BCUT2D eigenvalue weighted by Crippen LogP contribution is 2.47. The number of amides is 1. The minimum Gasteiger partial charge on any atom is -0.497 e. The molecule has 2 aliphatic rings. The van der Waals surface area contributed by atoms with Crippen LogP contribution in [-0.2, 0) is 4.79 Å². The zero-order valence-corrected chi connectivity index (χ0v) is 16.2. The Balaban J connectivity index is 1.88. The Hall–Kier alpha value is -1.44. The van der Waals surface area contributed by atoms with E-state index in [-0.39, 0.29) is 5.91 Å². The number of rotatable bonds is 4. The van der Waals surface area contributed by atoms with Gasteiger partial charge in [-0.3, -0.25) is 9.69 Å². The van der Waals surface area contributed by atoms with Crippen LogP contribution in [0.3, 0.4) is 0 Å². The number of hydrogen-bond acceptors (Lipinski definition) is 6. The molecule has 0 aliphatic carbocycles. The van der Waals surface area contributed by atoms with Gasteiger partial charge in [0.1, 0.15) is 10.1 Å². The van der Waals surface area contributed by atoms with Crippen LogP contribution in [0.5, 0.6) is 5.75 Å². The van der Waals surface area contributed by atoms with Gasteiger partial charge in [-0.15, -0.1) is 0 Å². The van der Waals surface area contributed by atoms with Crippen LogP contribution in [0, 0.1) is 0 Å². The molecule has 0 aromatic heterocycles. The number of likely N-dealkylation sites (N-methyl/N-ethyl adjacent to an activating group) is 1. The largest absolute Gasteiger partial charge is 0.497 e. The Bertz CT molecular complexity index is 758. The number of nitrogens with zero attached hydrogens (tertiary/aromatic N) is 2. The molecule has 0 spiro atoms. The standard InChI is InChI=1S/C17H18N2O2S3/c1-4-18-12-10-11(21-3)6-7-13(12)23-15(18)9-8-14-16(20)19(5-2)17(22)24-14/h6-10H,4-5H2,1-3H3. The SMILES string of the molecule is CCN1C(=O)C(=CC=C2Sc3ccc(OC)cc3N2CC)SC1=S. The Morgan fingerprint density at radius 2 is 1.92 bits per heavy atom. The smallest absolute Gasteiger partial charge is 0.266 e. The first-order chi connectivity index (χ1) is 11.6. The van der Waals surface area contributed by atoms with Crippen molar-refractivity contribution in [2.24, 2.45) is 0 Å². The summed E-state index contributed by atoms with van der Waals surface area (Å²) in [5, 5.41) is 1.10. The highest BCUT2D eigenvalue weighted by Gasteiger charge is 2.30. The summed E-state index contributed by atoms with van der Waals surface area (Å²) in [6.45, 7) is 5.50. The first-order valence-electron chi connectivity index (χ1n) is 7.68. The number of allylic oxidation sites excluding steroid dienone is 2. The number of thiocarbonyl (C=S) groups is 1. The second-order valence-corrected chi connectivity index (χ2v) is 7.87. The third kappa shape index (κ3) is 3.08. The van der Waals surface area contributed by atoms with Crippen LogP contribution in [0.2, 0.25) is 0 Å². The van der Waals surface area contributed by atoms with E-state index in [1.54, 1.807) is 23.8 Å². The molecule has 0 bridgehead atoms. The van der Waals surface area contributed by atoms with E-state index in [1.165, 1.54) is 16.7 Å². The van der Waals surface area contributed by atoms with E-state index >= 15 is 0 Å². The highest BCUT2D eigenvalue weighted by molar-refractivity contribution is 8.26. The van der Waals surface area contributed by atoms with Crippen molar-refractivity contribution in [1.82, 2.24) is 4.90 Å². The van der Waals surface area contributed by atoms with Gasteiger partial charge in [-0.1, -0.05) is 35.7 Å². The number of thioether (sulfide) groups is 2. The van der Waals surface area contributed by atoms with E-state index in [4.69, 9.17) is 17.0 Å². The molecule has 3 rings (SSSR count). The molecule has 126 valence electrons. The molecule has 0 radical (unpaired) electrons. The van der Waals surface area contributed by atoms with Gasteiger partial charge in [0.15, 0.2) is 0 Å². The van der Waals surface area contributed by atoms with Gasteiger partial charge < -0.3 is 9.64 Å². The molecule has 0 unspecified atom stereocenters. The maximum Gasteiger partial charge on any atom is 0.266 e. The number of hydrogen-bond donors (Lipinski definition) is 0. The zero-order chi connectivity index (χ0) is 17.3. The molecule has 2 aliphatic heterocycles.